The summed E-state index contributed by atoms with van der Waals surface area (Å²) in [6, 6.07) is -0.911. The Morgan fingerprint density at radius 1 is 1.38 bits per heavy atom. The van der Waals surface area contributed by atoms with Crippen molar-refractivity contribution in [2.24, 2.45) is 5.92 Å². The zero-order valence-electron chi connectivity index (χ0n) is 8.81. The third-order valence-electron chi connectivity index (χ3n) is 3.21. The van der Waals surface area contributed by atoms with Gasteiger partial charge in [-0.15, -0.1) is 0 Å². The van der Waals surface area contributed by atoms with Crippen LogP contribution in [-0.4, -0.2) is 46.9 Å². The second-order valence-electron chi connectivity index (χ2n) is 4.25. The summed E-state index contributed by atoms with van der Waals surface area (Å²) in [5.74, 6) is -1.61. The monoisotopic (exact) mass is 226 g/mol. The number of carbonyl (C=O) groups is 3. The number of piperazine rings is 1. The van der Waals surface area contributed by atoms with Crippen molar-refractivity contribution in [1.82, 2.24) is 10.2 Å². The maximum atomic E-state index is 11.9. The third kappa shape index (κ3) is 1.87. The number of amides is 2. The summed E-state index contributed by atoms with van der Waals surface area (Å²) < 4.78 is 0. The number of carboxylic acid groups (broad SMARTS) is 1. The standard InChI is InChI=1S/C10H14N2O4/c13-8-5-12(7(4-11-8)10(15)16)9(14)6-2-1-3-6/h6-7H,1-5H2,(H,11,13)(H,15,16). The van der Waals surface area contributed by atoms with Crippen molar-refractivity contribution in [2.45, 2.75) is 25.3 Å². The molecule has 0 aromatic rings. The van der Waals surface area contributed by atoms with Crippen LogP contribution in [0.15, 0.2) is 0 Å². The first-order chi connectivity index (χ1) is 7.59. The van der Waals surface area contributed by atoms with E-state index in [0.29, 0.717) is 0 Å². The van der Waals surface area contributed by atoms with Crippen molar-refractivity contribution in [2.75, 3.05) is 13.1 Å². The van der Waals surface area contributed by atoms with E-state index in [2.05, 4.69) is 5.32 Å². The minimum absolute atomic E-state index is 0.00657. The zero-order valence-corrected chi connectivity index (χ0v) is 8.81. The maximum Gasteiger partial charge on any atom is 0.328 e. The van der Waals surface area contributed by atoms with E-state index in [0.717, 1.165) is 19.3 Å². The summed E-state index contributed by atoms with van der Waals surface area (Å²) in [5, 5.41) is 11.4. The van der Waals surface area contributed by atoms with Gasteiger partial charge in [0.2, 0.25) is 11.8 Å². The Morgan fingerprint density at radius 2 is 2.06 bits per heavy atom. The van der Waals surface area contributed by atoms with Crippen molar-refractivity contribution in [3.05, 3.63) is 0 Å². The van der Waals surface area contributed by atoms with Gasteiger partial charge in [0.15, 0.2) is 0 Å². The number of nitrogens with one attached hydrogen (secondary N) is 1. The summed E-state index contributed by atoms with van der Waals surface area (Å²) >= 11 is 0. The fraction of sp³-hybridized carbons (Fsp3) is 0.700. The molecule has 1 aliphatic carbocycles. The Labute approximate surface area is 92.6 Å². The van der Waals surface area contributed by atoms with Crippen molar-refractivity contribution >= 4 is 17.8 Å². The van der Waals surface area contributed by atoms with Gasteiger partial charge in [-0.05, 0) is 12.8 Å². The average Bonchev–Trinajstić information content (AvgIpc) is 2.14. The molecule has 2 N–H and O–H groups in total. The highest BCUT2D eigenvalue weighted by molar-refractivity contribution is 5.92. The Morgan fingerprint density at radius 3 is 2.56 bits per heavy atom. The predicted molar refractivity (Wildman–Crippen MR) is 53.5 cm³/mol. The van der Waals surface area contributed by atoms with Crippen LogP contribution >= 0.6 is 0 Å². The van der Waals surface area contributed by atoms with Gasteiger partial charge in [0.25, 0.3) is 0 Å². The minimum Gasteiger partial charge on any atom is -0.480 e. The lowest BCUT2D eigenvalue weighted by Gasteiger charge is -2.37. The number of rotatable bonds is 2. The van der Waals surface area contributed by atoms with E-state index in [9.17, 15) is 14.4 Å². The van der Waals surface area contributed by atoms with E-state index in [1.807, 2.05) is 0 Å². The summed E-state index contributed by atoms with van der Waals surface area (Å²) in [4.78, 5) is 35.3. The molecule has 88 valence electrons. The first kappa shape index (κ1) is 10.9. The highest BCUT2D eigenvalue weighted by Crippen LogP contribution is 2.29. The SMILES string of the molecule is O=C1CN(C(=O)C2CCC2)C(C(=O)O)CN1. The number of hydrogen-bond donors (Lipinski definition) is 2. The molecule has 2 fully saturated rings. The van der Waals surface area contributed by atoms with Crippen LogP contribution < -0.4 is 5.32 Å². The lowest BCUT2D eigenvalue weighted by Crippen LogP contribution is -2.60. The van der Waals surface area contributed by atoms with Crippen LogP contribution in [0.3, 0.4) is 0 Å². The smallest absolute Gasteiger partial charge is 0.328 e. The van der Waals surface area contributed by atoms with Crippen LogP contribution in [0.2, 0.25) is 0 Å². The first-order valence-corrected chi connectivity index (χ1v) is 5.39. The number of carbonyl (C=O) groups excluding carboxylic acids is 2. The molecule has 0 radical (unpaired) electrons. The molecule has 1 unspecified atom stereocenters. The molecular weight excluding hydrogens is 212 g/mol. The fourth-order valence-corrected chi connectivity index (χ4v) is 1.98. The molecule has 0 aromatic carbocycles. The van der Waals surface area contributed by atoms with Crippen LogP contribution in [0.4, 0.5) is 0 Å². The van der Waals surface area contributed by atoms with E-state index < -0.39 is 12.0 Å². The minimum atomic E-state index is -1.06. The summed E-state index contributed by atoms with van der Waals surface area (Å²) in [6.45, 7) is -0.126. The molecule has 2 rings (SSSR count). The predicted octanol–water partition coefficient (Wildman–Crippen LogP) is -0.802. The second kappa shape index (κ2) is 4.11. The Balaban J connectivity index is 2.09. The topological polar surface area (TPSA) is 86.7 Å². The van der Waals surface area contributed by atoms with E-state index in [1.165, 1.54) is 4.90 Å². The van der Waals surface area contributed by atoms with Crippen molar-refractivity contribution in [3.8, 4) is 0 Å². The van der Waals surface area contributed by atoms with Crippen LogP contribution in [0.1, 0.15) is 19.3 Å². The summed E-state index contributed by atoms with van der Waals surface area (Å²) in [5.41, 5.74) is 0. The van der Waals surface area contributed by atoms with Gasteiger partial charge in [0.1, 0.15) is 12.6 Å². The van der Waals surface area contributed by atoms with Crippen molar-refractivity contribution in [3.63, 3.8) is 0 Å². The molecule has 0 spiro atoms. The summed E-state index contributed by atoms with van der Waals surface area (Å²) in [6.07, 6.45) is 2.63. The number of carboxylic acids is 1. The van der Waals surface area contributed by atoms with Gasteiger partial charge in [0, 0.05) is 12.5 Å². The van der Waals surface area contributed by atoms with Gasteiger partial charge in [-0.1, -0.05) is 6.42 Å². The molecule has 1 heterocycles. The van der Waals surface area contributed by atoms with Gasteiger partial charge in [0.05, 0.1) is 0 Å². The van der Waals surface area contributed by atoms with Gasteiger partial charge < -0.3 is 15.3 Å². The van der Waals surface area contributed by atoms with Gasteiger partial charge in [-0.3, -0.25) is 9.59 Å². The molecule has 0 aromatic heterocycles. The largest absolute Gasteiger partial charge is 0.480 e. The molecule has 2 amide bonds. The van der Waals surface area contributed by atoms with Crippen LogP contribution in [-0.2, 0) is 14.4 Å². The Bertz CT molecular complexity index is 338. The molecule has 1 saturated heterocycles. The van der Waals surface area contributed by atoms with E-state index >= 15 is 0 Å². The van der Waals surface area contributed by atoms with Crippen molar-refractivity contribution in [1.29, 1.82) is 0 Å². The lowest BCUT2D eigenvalue weighted by atomic mass is 9.84. The van der Waals surface area contributed by atoms with Gasteiger partial charge >= 0.3 is 5.97 Å². The third-order valence-corrected chi connectivity index (χ3v) is 3.21. The highest BCUT2D eigenvalue weighted by Gasteiger charge is 2.39. The number of hydrogen-bond acceptors (Lipinski definition) is 3. The van der Waals surface area contributed by atoms with Crippen LogP contribution in [0, 0.1) is 5.92 Å². The normalized spacial score (nSPS) is 25.9. The highest BCUT2D eigenvalue weighted by atomic mass is 16.4. The lowest BCUT2D eigenvalue weighted by molar-refractivity contribution is -0.157. The zero-order chi connectivity index (χ0) is 11.7. The summed E-state index contributed by atoms with van der Waals surface area (Å²) in [7, 11) is 0. The van der Waals surface area contributed by atoms with E-state index in [4.69, 9.17) is 5.11 Å². The van der Waals surface area contributed by atoms with Crippen LogP contribution in [0.5, 0.6) is 0 Å². The first-order valence-electron chi connectivity index (χ1n) is 5.39. The molecule has 6 heteroatoms. The number of aliphatic carboxylic acids is 1. The van der Waals surface area contributed by atoms with Gasteiger partial charge in [-0.2, -0.15) is 0 Å². The van der Waals surface area contributed by atoms with E-state index in [1.54, 1.807) is 0 Å². The molecule has 0 bridgehead atoms. The maximum absolute atomic E-state index is 11.9. The second-order valence-corrected chi connectivity index (χ2v) is 4.25. The van der Waals surface area contributed by atoms with Crippen LogP contribution in [0.25, 0.3) is 0 Å². The van der Waals surface area contributed by atoms with Gasteiger partial charge in [-0.25, -0.2) is 4.79 Å². The fourth-order valence-electron chi connectivity index (χ4n) is 1.98. The van der Waals surface area contributed by atoms with E-state index in [-0.39, 0.29) is 30.8 Å². The number of nitrogens with zero attached hydrogens (tertiary/aromatic N) is 1. The Hall–Kier alpha value is -1.59. The van der Waals surface area contributed by atoms with Crippen molar-refractivity contribution < 1.29 is 19.5 Å². The molecular formula is C10H14N2O4. The molecule has 1 aliphatic heterocycles. The molecule has 2 aliphatic rings. The average molecular weight is 226 g/mol. The molecule has 1 atom stereocenters. The Kier molecular flexibility index (Phi) is 2.80. The molecule has 6 nitrogen and oxygen atoms in total. The quantitative estimate of drug-likeness (QED) is 0.645. The molecule has 16 heavy (non-hydrogen) atoms. The molecule has 1 saturated carbocycles.